The van der Waals surface area contributed by atoms with Crippen LogP contribution in [-0.4, -0.2) is 49.1 Å². The van der Waals surface area contributed by atoms with Crippen LogP contribution in [-0.2, 0) is 23.8 Å². The molecule has 6 heteroatoms. The van der Waals surface area contributed by atoms with Crippen LogP contribution in [0.25, 0.3) is 0 Å². The largest absolute Gasteiger partial charge is 0.466 e. The zero-order valence-electron chi connectivity index (χ0n) is 10.4. The minimum atomic E-state index is -1.31. The van der Waals surface area contributed by atoms with Crippen molar-refractivity contribution in [3.8, 4) is 0 Å². The van der Waals surface area contributed by atoms with Gasteiger partial charge in [-0.05, 0) is 19.1 Å². The fourth-order valence-corrected chi connectivity index (χ4v) is 2.42. The maximum absolute atomic E-state index is 11.8. The molecule has 2 heterocycles. The van der Waals surface area contributed by atoms with Crippen molar-refractivity contribution in [2.24, 2.45) is 0 Å². The monoisotopic (exact) mass is 254 g/mol. The van der Waals surface area contributed by atoms with E-state index in [0.717, 1.165) is 0 Å². The van der Waals surface area contributed by atoms with Crippen molar-refractivity contribution >= 4 is 11.9 Å². The van der Waals surface area contributed by atoms with Gasteiger partial charge in [-0.15, -0.1) is 0 Å². The van der Waals surface area contributed by atoms with E-state index in [1.165, 1.54) is 14.2 Å². The smallest absolute Gasteiger partial charge is 0.337 e. The average molecular weight is 254 g/mol. The number of rotatable bonds is 3. The van der Waals surface area contributed by atoms with Gasteiger partial charge in [-0.2, -0.15) is 0 Å². The van der Waals surface area contributed by atoms with E-state index in [9.17, 15) is 14.7 Å². The minimum Gasteiger partial charge on any atom is -0.466 e. The molecule has 0 aromatic rings. The van der Waals surface area contributed by atoms with Crippen LogP contribution < -0.4 is 0 Å². The molecule has 0 saturated heterocycles. The number of aliphatic hydroxyl groups excluding tert-OH is 1. The molecule has 0 aromatic heterocycles. The van der Waals surface area contributed by atoms with Crippen LogP contribution in [0.4, 0.5) is 0 Å². The molecule has 2 atom stereocenters. The molecule has 0 spiro atoms. The second kappa shape index (κ2) is 3.93. The average Bonchev–Trinajstić information content (AvgIpc) is 2.85. The molecule has 0 amide bonds. The third-order valence-electron chi connectivity index (χ3n) is 3.25. The lowest BCUT2D eigenvalue weighted by molar-refractivity contribution is -0.139. The van der Waals surface area contributed by atoms with Gasteiger partial charge in [-0.1, -0.05) is 0 Å². The summed E-state index contributed by atoms with van der Waals surface area (Å²) in [6, 6.07) is 0. The Morgan fingerprint density at radius 3 is 2.28 bits per heavy atom. The third kappa shape index (κ3) is 1.42. The molecular formula is C12H14O6. The highest BCUT2D eigenvalue weighted by Crippen LogP contribution is 2.50. The van der Waals surface area contributed by atoms with Crippen LogP contribution in [0.15, 0.2) is 23.3 Å². The molecule has 0 aliphatic carbocycles. The van der Waals surface area contributed by atoms with Gasteiger partial charge < -0.3 is 19.3 Å². The quantitative estimate of drug-likeness (QED) is 0.551. The second-order valence-electron chi connectivity index (χ2n) is 4.32. The standard InChI is InChI=1S/C12H14O6/c1-11-4-5-12(6-13,18-11)8(10(15)17-3)7(11)9(14)16-2/h4-5,13H,6H2,1-3H3. The summed E-state index contributed by atoms with van der Waals surface area (Å²) in [4.78, 5) is 23.6. The number of methoxy groups -OCH3 is 2. The van der Waals surface area contributed by atoms with E-state index in [4.69, 9.17) is 4.74 Å². The third-order valence-corrected chi connectivity index (χ3v) is 3.25. The molecule has 0 fully saturated rings. The van der Waals surface area contributed by atoms with Gasteiger partial charge in [0, 0.05) is 0 Å². The van der Waals surface area contributed by atoms with E-state index in [0.29, 0.717) is 0 Å². The highest BCUT2D eigenvalue weighted by atomic mass is 16.6. The molecule has 2 rings (SSSR count). The van der Waals surface area contributed by atoms with Gasteiger partial charge in [0.05, 0.1) is 32.0 Å². The number of esters is 2. The fourth-order valence-electron chi connectivity index (χ4n) is 2.42. The number of hydrogen-bond acceptors (Lipinski definition) is 6. The second-order valence-corrected chi connectivity index (χ2v) is 4.32. The van der Waals surface area contributed by atoms with E-state index in [2.05, 4.69) is 9.47 Å². The molecule has 0 aromatic carbocycles. The maximum atomic E-state index is 11.8. The van der Waals surface area contributed by atoms with E-state index >= 15 is 0 Å². The van der Waals surface area contributed by atoms with Gasteiger partial charge in [0.15, 0.2) is 0 Å². The SMILES string of the molecule is COC(=O)C1=C(C(=O)OC)C2(CO)C=CC1(C)O2. The molecule has 1 N–H and O–H groups in total. The van der Waals surface area contributed by atoms with Gasteiger partial charge in [0.2, 0.25) is 0 Å². The van der Waals surface area contributed by atoms with Gasteiger partial charge in [-0.25, -0.2) is 9.59 Å². The van der Waals surface area contributed by atoms with Gasteiger partial charge >= 0.3 is 11.9 Å². The number of fused-ring (bicyclic) bond motifs is 2. The summed E-state index contributed by atoms with van der Waals surface area (Å²) in [5, 5.41) is 9.47. The maximum Gasteiger partial charge on any atom is 0.337 e. The van der Waals surface area contributed by atoms with Gasteiger partial charge in [0.25, 0.3) is 0 Å². The molecular weight excluding hydrogens is 240 g/mol. The van der Waals surface area contributed by atoms with E-state index in [1.807, 2.05) is 0 Å². The predicted octanol–water partition coefficient (Wildman–Crippen LogP) is -0.281. The lowest BCUT2D eigenvalue weighted by Gasteiger charge is -2.22. The Balaban J connectivity index is 2.63. The molecule has 18 heavy (non-hydrogen) atoms. The summed E-state index contributed by atoms with van der Waals surface area (Å²) in [5.74, 6) is -1.38. The first-order valence-electron chi connectivity index (χ1n) is 5.37. The lowest BCUT2D eigenvalue weighted by atomic mass is 9.82. The van der Waals surface area contributed by atoms with Crippen molar-refractivity contribution in [3.63, 3.8) is 0 Å². The van der Waals surface area contributed by atoms with E-state index < -0.39 is 29.7 Å². The normalized spacial score (nSPS) is 32.9. The topological polar surface area (TPSA) is 82.1 Å². The molecule has 6 nitrogen and oxygen atoms in total. The Hall–Kier alpha value is -1.66. The summed E-state index contributed by atoms with van der Waals surface area (Å²) in [6.45, 7) is 1.17. The summed E-state index contributed by atoms with van der Waals surface area (Å²) in [5.41, 5.74) is -2.30. The molecule has 0 saturated carbocycles. The fraction of sp³-hybridized carbons (Fsp3) is 0.500. The first-order chi connectivity index (χ1) is 8.44. The van der Waals surface area contributed by atoms with Crippen molar-refractivity contribution in [1.82, 2.24) is 0 Å². The first-order valence-corrected chi connectivity index (χ1v) is 5.37. The minimum absolute atomic E-state index is 0.00403. The number of carbonyl (C=O) groups excluding carboxylic acids is 2. The van der Waals surface area contributed by atoms with Crippen LogP contribution in [0, 0.1) is 0 Å². The highest BCUT2D eigenvalue weighted by Gasteiger charge is 2.60. The molecule has 2 unspecified atom stereocenters. The van der Waals surface area contributed by atoms with Gasteiger partial charge in [-0.3, -0.25) is 0 Å². The Kier molecular flexibility index (Phi) is 2.79. The van der Waals surface area contributed by atoms with Crippen LogP contribution in [0.5, 0.6) is 0 Å². The molecule has 2 aliphatic heterocycles. The number of ether oxygens (including phenoxy) is 3. The molecule has 2 bridgehead atoms. The van der Waals surface area contributed by atoms with Crippen LogP contribution >= 0.6 is 0 Å². The van der Waals surface area contributed by atoms with E-state index in [-0.39, 0.29) is 11.1 Å². The Bertz CT molecular complexity index is 477. The summed E-state index contributed by atoms with van der Waals surface area (Å²) < 4.78 is 15.0. The Morgan fingerprint density at radius 2 is 1.78 bits per heavy atom. The Morgan fingerprint density at radius 1 is 1.22 bits per heavy atom. The molecule has 98 valence electrons. The predicted molar refractivity (Wildman–Crippen MR) is 59.5 cm³/mol. The van der Waals surface area contributed by atoms with Crippen molar-refractivity contribution in [3.05, 3.63) is 23.3 Å². The summed E-state index contributed by atoms with van der Waals surface area (Å²) in [7, 11) is 2.42. The molecule has 0 radical (unpaired) electrons. The highest BCUT2D eigenvalue weighted by molar-refractivity contribution is 6.05. The lowest BCUT2D eigenvalue weighted by Crippen LogP contribution is -2.36. The van der Waals surface area contributed by atoms with Crippen molar-refractivity contribution in [1.29, 1.82) is 0 Å². The van der Waals surface area contributed by atoms with Crippen molar-refractivity contribution in [2.45, 2.75) is 18.1 Å². The van der Waals surface area contributed by atoms with Gasteiger partial charge in [0.1, 0.15) is 11.2 Å². The van der Waals surface area contributed by atoms with E-state index in [1.54, 1.807) is 19.1 Å². The van der Waals surface area contributed by atoms with Crippen LogP contribution in [0.1, 0.15) is 6.92 Å². The molecule has 2 aliphatic rings. The number of aliphatic hydroxyl groups is 1. The Labute approximate surface area is 104 Å². The first kappa shape index (κ1) is 12.8. The summed E-state index contributed by atoms with van der Waals surface area (Å²) in [6.07, 6.45) is 3.19. The zero-order valence-corrected chi connectivity index (χ0v) is 10.4. The number of carbonyl (C=O) groups is 2. The van der Waals surface area contributed by atoms with Crippen molar-refractivity contribution in [2.75, 3.05) is 20.8 Å². The summed E-state index contributed by atoms with van der Waals surface area (Å²) >= 11 is 0. The van der Waals surface area contributed by atoms with Crippen LogP contribution in [0.2, 0.25) is 0 Å². The zero-order chi connectivity index (χ0) is 13.6. The van der Waals surface area contributed by atoms with Crippen molar-refractivity contribution < 1.29 is 28.9 Å². The number of hydrogen-bond donors (Lipinski definition) is 1. The van der Waals surface area contributed by atoms with Crippen LogP contribution in [0.3, 0.4) is 0 Å².